The fourth-order valence-electron chi connectivity index (χ4n) is 2.89. The minimum absolute atomic E-state index is 0.104. The fourth-order valence-corrected chi connectivity index (χ4v) is 3.64. The summed E-state index contributed by atoms with van der Waals surface area (Å²) in [6.07, 6.45) is 11.2. The molecule has 1 aliphatic carbocycles. The van der Waals surface area contributed by atoms with Crippen molar-refractivity contribution in [1.82, 2.24) is 20.1 Å². The van der Waals surface area contributed by atoms with Crippen LogP contribution < -0.4 is 5.32 Å². The van der Waals surface area contributed by atoms with E-state index >= 15 is 0 Å². The van der Waals surface area contributed by atoms with E-state index in [0.29, 0.717) is 18.4 Å². The Kier molecular flexibility index (Phi) is 8.46. The Morgan fingerprint density at radius 3 is 2.83 bits per heavy atom. The highest BCUT2D eigenvalue weighted by atomic mass is 32.2. The lowest BCUT2D eigenvalue weighted by Gasteiger charge is -2.20. The minimum Gasteiger partial charge on any atom is -0.385 e. The van der Waals surface area contributed by atoms with Crippen LogP contribution in [0.15, 0.2) is 11.5 Å². The maximum absolute atomic E-state index is 12.2. The number of amides is 1. The number of ether oxygens (including phenoxy) is 1. The number of hydrogen-bond donors (Lipinski definition) is 1. The minimum atomic E-state index is 0.104. The molecule has 0 aromatic carbocycles. The number of methoxy groups -OCH3 is 1. The van der Waals surface area contributed by atoms with Crippen molar-refractivity contribution < 1.29 is 9.53 Å². The van der Waals surface area contributed by atoms with Gasteiger partial charge in [-0.2, -0.15) is 0 Å². The molecule has 1 fully saturated rings. The molecule has 0 radical (unpaired) electrons. The number of carbonyl (C=O) groups is 1. The van der Waals surface area contributed by atoms with Crippen LogP contribution in [0.4, 0.5) is 0 Å². The third kappa shape index (κ3) is 6.91. The topological polar surface area (TPSA) is 69.0 Å². The largest absolute Gasteiger partial charge is 0.385 e. The van der Waals surface area contributed by atoms with Crippen LogP contribution in [-0.2, 0) is 16.1 Å². The van der Waals surface area contributed by atoms with Crippen molar-refractivity contribution >= 4 is 17.7 Å². The molecule has 1 heterocycles. The number of thioether (sulfide) groups is 1. The molecule has 0 atom stereocenters. The van der Waals surface area contributed by atoms with Crippen molar-refractivity contribution in [1.29, 1.82) is 0 Å². The first kappa shape index (κ1) is 18.3. The number of carbonyl (C=O) groups excluding carboxylic acids is 1. The lowest BCUT2D eigenvalue weighted by atomic mass is 9.97. The van der Waals surface area contributed by atoms with Crippen LogP contribution in [0.3, 0.4) is 0 Å². The predicted molar refractivity (Wildman–Crippen MR) is 91.5 cm³/mol. The number of aromatic nitrogens is 3. The van der Waals surface area contributed by atoms with Gasteiger partial charge in [-0.15, -0.1) is 10.2 Å². The molecule has 2 rings (SSSR count). The molecule has 1 aromatic heterocycles. The third-order valence-electron chi connectivity index (χ3n) is 4.13. The van der Waals surface area contributed by atoms with E-state index in [9.17, 15) is 4.79 Å². The van der Waals surface area contributed by atoms with E-state index in [2.05, 4.69) is 15.5 Å². The van der Waals surface area contributed by atoms with Gasteiger partial charge in [0.05, 0.1) is 5.75 Å². The van der Waals surface area contributed by atoms with E-state index in [0.717, 1.165) is 31.0 Å². The van der Waals surface area contributed by atoms with Crippen molar-refractivity contribution in [3.63, 3.8) is 0 Å². The summed E-state index contributed by atoms with van der Waals surface area (Å²) in [7, 11) is 1.70. The van der Waals surface area contributed by atoms with Gasteiger partial charge in [0, 0.05) is 26.3 Å². The molecular weight excluding hydrogens is 312 g/mol. The highest BCUT2D eigenvalue weighted by Crippen LogP contribution is 2.18. The molecule has 1 amide bonds. The first-order valence-electron chi connectivity index (χ1n) is 8.58. The Hall–Kier alpha value is -1.08. The normalized spacial score (nSPS) is 16.7. The Morgan fingerprint density at radius 1 is 1.35 bits per heavy atom. The molecular formula is C16H28N4O2S. The maximum Gasteiger partial charge on any atom is 0.230 e. The van der Waals surface area contributed by atoms with Gasteiger partial charge < -0.3 is 14.6 Å². The van der Waals surface area contributed by atoms with Gasteiger partial charge in [-0.1, -0.05) is 43.9 Å². The molecule has 1 N–H and O–H groups in total. The van der Waals surface area contributed by atoms with E-state index in [1.165, 1.54) is 43.9 Å². The standard InChI is InChI=1S/C16H28N4O2S/c1-22-11-7-10-20-13-17-19-16(20)23-12-15(21)18-14-8-5-3-2-4-6-9-14/h13-14H,2-12H2,1H3,(H,18,21). The predicted octanol–water partition coefficient (Wildman–Crippen LogP) is 2.64. The van der Waals surface area contributed by atoms with Crippen molar-refractivity contribution in [3.8, 4) is 0 Å². The Balaban J connectivity index is 1.72. The second-order valence-corrected chi connectivity index (χ2v) is 6.99. The molecule has 6 nitrogen and oxygen atoms in total. The van der Waals surface area contributed by atoms with Crippen molar-refractivity contribution in [2.24, 2.45) is 0 Å². The Morgan fingerprint density at radius 2 is 2.09 bits per heavy atom. The lowest BCUT2D eigenvalue weighted by Crippen LogP contribution is -2.36. The summed E-state index contributed by atoms with van der Waals surface area (Å²) >= 11 is 1.45. The quantitative estimate of drug-likeness (QED) is 0.582. The Labute approximate surface area is 142 Å². The Bertz CT molecular complexity index is 459. The monoisotopic (exact) mass is 340 g/mol. The van der Waals surface area contributed by atoms with E-state index in [1.807, 2.05) is 4.57 Å². The molecule has 23 heavy (non-hydrogen) atoms. The molecule has 0 aliphatic heterocycles. The van der Waals surface area contributed by atoms with Crippen LogP contribution in [0.2, 0.25) is 0 Å². The van der Waals surface area contributed by atoms with Crippen LogP contribution in [0.1, 0.15) is 51.4 Å². The summed E-state index contributed by atoms with van der Waals surface area (Å²) in [4.78, 5) is 12.2. The molecule has 1 saturated carbocycles. The highest BCUT2D eigenvalue weighted by Gasteiger charge is 2.15. The fraction of sp³-hybridized carbons (Fsp3) is 0.812. The second kappa shape index (κ2) is 10.6. The van der Waals surface area contributed by atoms with E-state index in [-0.39, 0.29) is 5.91 Å². The molecule has 0 bridgehead atoms. The van der Waals surface area contributed by atoms with Gasteiger partial charge in [0.1, 0.15) is 6.33 Å². The number of aryl methyl sites for hydroxylation is 1. The molecule has 0 saturated heterocycles. The lowest BCUT2D eigenvalue weighted by molar-refractivity contribution is -0.119. The average molecular weight is 340 g/mol. The van der Waals surface area contributed by atoms with E-state index < -0.39 is 0 Å². The summed E-state index contributed by atoms with van der Waals surface area (Å²) in [5.74, 6) is 0.506. The first-order chi connectivity index (χ1) is 11.3. The zero-order chi connectivity index (χ0) is 16.3. The zero-order valence-corrected chi connectivity index (χ0v) is 14.8. The highest BCUT2D eigenvalue weighted by molar-refractivity contribution is 7.99. The number of hydrogen-bond acceptors (Lipinski definition) is 5. The molecule has 0 spiro atoms. The molecule has 1 aromatic rings. The maximum atomic E-state index is 12.2. The second-order valence-electron chi connectivity index (χ2n) is 6.05. The van der Waals surface area contributed by atoms with Crippen LogP contribution in [0, 0.1) is 0 Å². The molecule has 130 valence electrons. The van der Waals surface area contributed by atoms with Crippen molar-refractivity contribution in [3.05, 3.63) is 6.33 Å². The first-order valence-corrected chi connectivity index (χ1v) is 9.57. The van der Waals surface area contributed by atoms with Gasteiger partial charge in [0.25, 0.3) is 0 Å². The number of rotatable bonds is 8. The van der Waals surface area contributed by atoms with Gasteiger partial charge in [0.2, 0.25) is 5.91 Å². The average Bonchev–Trinajstić information content (AvgIpc) is 2.96. The van der Waals surface area contributed by atoms with Gasteiger partial charge >= 0.3 is 0 Å². The van der Waals surface area contributed by atoms with E-state index in [1.54, 1.807) is 13.4 Å². The summed E-state index contributed by atoms with van der Waals surface area (Å²) in [5.41, 5.74) is 0. The SMILES string of the molecule is COCCCn1cnnc1SCC(=O)NC1CCCCCCC1. The van der Waals surface area contributed by atoms with Gasteiger partial charge in [-0.05, 0) is 19.3 Å². The molecule has 0 unspecified atom stereocenters. The van der Waals surface area contributed by atoms with Crippen LogP contribution >= 0.6 is 11.8 Å². The van der Waals surface area contributed by atoms with Crippen molar-refractivity contribution in [2.45, 2.75) is 69.1 Å². The molecule has 7 heteroatoms. The van der Waals surface area contributed by atoms with E-state index in [4.69, 9.17) is 4.74 Å². The third-order valence-corrected chi connectivity index (χ3v) is 5.11. The van der Waals surface area contributed by atoms with Crippen LogP contribution in [-0.4, -0.2) is 46.2 Å². The van der Waals surface area contributed by atoms with Crippen LogP contribution in [0.5, 0.6) is 0 Å². The summed E-state index contributed by atoms with van der Waals surface area (Å²) < 4.78 is 7.04. The summed E-state index contributed by atoms with van der Waals surface area (Å²) in [6.45, 7) is 1.53. The van der Waals surface area contributed by atoms with Gasteiger partial charge in [-0.25, -0.2) is 0 Å². The molecule has 1 aliphatic rings. The van der Waals surface area contributed by atoms with Gasteiger partial charge in [-0.3, -0.25) is 4.79 Å². The van der Waals surface area contributed by atoms with Crippen LogP contribution in [0.25, 0.3) is 0 Å². The van der Waals surface area contributed by atoms with Gasteiger partial charge in [0.15, 0.2) is 5.16 Å². The summed E-state index contributed by atoms with van der Waals surface area (Å²) in [6, 6.07) is 0.350. The smallest absolute Gasteiger partial charge is 0.230 e. The summed E-state index contributed by atoms with van der Waals surface area (Å²) in [5, 5.41) is 12.0. The number of nitrogens with one attached hydrogen (secondary N) is 1. The van der Waals surface area contributed by atoms with Crippen molar-refractivity contribution in [2.75, 3.05) is 19.5 Å². The number of nitrogens with zero attached hydrogens (tertiary/aromatic N) is 3. The zero-order valence-electron chi connectivity index (χ0n) is 14.0.